The molecular formula is C20H21N3O5S3. The Balaban J connectivity index is 1.36. The van der Waals surface area contributed by atoms with Crippen molar-refractivity contribution in [2.45, 2.75) is 23.0 Å². The maximum Gasteiger partial charge on any atom is 0.276 e. The number of rotatable bonds is 9. The molecule has 0 atom stereocenters. The van der Waals surface area contributed by atoms with Crippen molar-refractivity contribution in [3.8, 4) is 11.5 Å². The third-order valence-electron chi connectivity index (χ3n) is 4.66. The van der Waals surface area contributed by atoms with Crippen molar-refractivity contribution >= 4 is 38.9 Å². The Morgan fingerprint density at radius 3 is 2.77 bits per heavy atom. The van der Waals surface area contributed by atoms with Crippen molar-refractivity contribution in [3.63, 3.8) is 0 Å². The van der Waals surface area contributed by atoms with Crippen LogP contribution in [0.25, 0.3) is 11.5 Å². The molecule has 0 unspecified atom stereocenters. The minimum atomic E-state index is -3.60. The summed E-state index contributed by atoms with van der Waals surface area (Å²) < 4.78 is 38.1. The maximum atomic E-state index is 12.9. The molecule has 3 aromatic rings. The van der Waals surface area contributed by atoms with Crippen LogP contribution in [-0.4, -0.2) is 60.8 Å². The fraction of sp³-hybridized carbons (Fsp3) is 0.350. The van der Waals surface area contributed by atoms with Crippen LogP contribution in [0.3, 0.4) is 0 Å². The van der Waals surface area contributed by atoms with Gasteiger partial charge < -0.3 is 9.15 Å². The highest BCUT2D eigenvalue weighted by Crippen LogP contribution is 2.27. The zero-order valence-corrected chi connectivity index (χ0v) is 19.0. The molecule has 0 aliphatic carbocycles. The quantitative estimate of drug-likeness (QED) is 0.261. The van der Waals surface area contributed by atoms with Crippen molar-refractivity contribution < 1.29 is 22.4 Å². The molecule has 11 heteroatoms. The van der Waals surface area contributed by atoms with Gasteiger partial charge in [0.1, 0.15) is 0 Å². The van der Waals surface area contributed by atoms with Crippen molar-refractivity contribution in [2.24, 2.45) is 0 Å². The Morgan fingerprint density at radius 2 is 2.00 bits per heavy atom. The standard InChI is InChI=1S/C20H21N3O5S3/c24-17(18-7-3-12-29-18)6-2-13-30-20-22-21-19(28-20)15-4-1-5-16(14-15)31(25,26)23-8-10-27-11-9-23/h1,3-5,7,12,14H,2,6,8-11,13H2. The second-order valence-electron chi connectivity index (χ2n) is 6.77. The van der Waals surface area contributed by atoms with Crippen LogP contribution in [-0.2, 0) is 14.8 Å². The van der Waals surface area contributed by atoms with Crippen molar-refractivity contribution in [3.05, 3.63) is 46.7 Å². The number of aromatic nitrogens is 2. The molecule has 0 amide bonds. The number of ketones is 1. The smallest absolute Gasteiger partial charge is 0.276 e. The highest BCUT2D eigenvalue weighted by Gasteiger charge is 2.26. The van der Waals surface area contributed by atoms with E-state index >= 15 is 0 Å². The molecular weight excluding hydrogens is 458 g/mol. The van der Waals surface area contributed by atoms with Gasteiger partial charge >= 0.3 is 0 Å². The first kappa shape index (κ1) is 22.2. The highest BCUT2D eigenvalue weighted by molar-refractivity contribution is 7.99. The zero-order valence-electron chi connectivity index (χ0n) is 16.6. The predicted molar refractivity (Wildman–Crippen MR) is 118 cm³/mol. The number of ether oxygens (including phenoxy) is 1. The van der Waals surface area contributed by atoms with Crippen LogP contribution in [0.2, 0.25) is 0 Å². The van der Waals surface area contributed by atoms with Gasteiger partial charge in [0.2, 0.25) is 15.9 Å². The van der Waals surface area contributed by atoms with Gasteiger partial charge in [0.15, 0.2) is 5.78 Å². The summed E-state index contributed by atoms with van der Waals surface area (Å²) in [6.07, 6.45) is 1.17. The van der Waals surface area contributed by atoms with Gasteiger partial charge in [-0.2, -0.15) is 4.31 Å². The lowest BCUT2D eigenvalue weighted by Gasteiger charge is -2.26. The van der Waals surface area contributed by atoms with Gasteiger partial charge in [-0.3, -0.25) is 4.79 Å². The first-order chi connectivity index (χ1) is 15.0. The molecule has 4 rings (SSSR count). The monoisotopic (exact) mass is 479 g/mol. The fourth-order valence-electron chi connectivity index (χ4n) is 3.06. The number of morpholine rings is 1. The number of carbonyl (C=O) groups excluding carboxylic acids is 1. The molecule has 0 saturated carbocycles. The molecule has 1 aromatic carbocycles. The number of thiophene rings is 1. The summed E-state index contributed by atoms with van der Waals surface area (Å²) in [4.78, 5) is 13.0. The van der Waals surface area contributed by atoms with E-state index in [9.17, 15) is 13.2 Å². The minimum Gasteiger partial charge on any atom is -0.411 e. The van der Waals surface area contributed by atoms with E-state index in [0.29, 0.717) is 55.7 Å². The zero-order chi connectivity index (χ0) is 21.7. The van der Waals surface area contributed by atoms with E-state index in [1.54, 1.807) is 24.3 Å². The summed E-state index contributed by atoms with van der Waals surface area (Å²) in [6, 6.07) is 10.2. The number of sulfonamides is 1. The van der Waals surface area contributed by atoms with E-state index in [-0.39, 0.29) is 16.6 Å². The lowest BCUT2D eigenvalue weighted by molar-refractivity contribution is 0.0730. The third kappa shape index (κ3) is 5.42. The van der Waals surface area contributed by atoms with Gasteiger partial charge in [-0.1, -0.05) is 23.9 Å². The molecule has 31 heavy (non-hydrogen) atoms. The largest absolute Gasteiger partial charge is 0.411 e. The van der Waals surface area contributed by atoms with E-state index in [1.165, 1.54) is 27.4 Å². The molecule has 2 aromatic heterocycles. The predicted octanol–water partition coefficient (Wildman–Crippen LogP) is 3.57. The van der Waals surface area contributed by atoms with Crippen molar-refractivity contribution in [1.82, 2.24) is 14.5 Å². The van der Waals surface area contributed by atoms with Gasteiger partial charge in [0.05, 0.1) is 23.0 Å². The SMILES string of the molecule is O=C(CCCSc1nnc(-c2cccc(S(=O)(=O)N3CCOCC3)c2)o1)c1cccs1. The number of hydrogen-bond acceptors (Lipinski definition) is 9. The molecule has 0 N–H and O–H groups in total. The minimum absolute atomic E-state index is 0.139. The number of carbonyl (C=O) groups is 1. The van der Waals surface area contributed by atoms with E-state index < -0.39 is 10.0 Å². The molecule has 1 fully saturated rings. The molecule has 0 spiro atoms. The molecule has 1 saturated heterocycles. The lowest BCUT2D eigenvalue weighted by atomic mass is 10.2. The van der Waals surface area contributed by atoms with Crippen LogP contribution in [0.4, 0.5) is 0 Å². The van der Waals surface area contributed by atoms with Gasteiger partial charge in [-0.25, -0.2) is 8.42 Å². The molecule has 1 aliphatic heterocycles. The van der Waals surface area contributed by atoms with Gasteiger partial charge in [0.25, 0.3) is 5.22 Å². The van der Waals surface area contributed by atoms with Crippen molar-refractivity contribution in [2.75, 3.05) is 32.1 Å². The van der Waals surface area contributed by atoms with Gasteiger partial charge in [-0.15, -0.1) is 21.5 Å². The second kappa shape index (κ2) is 10.0. The van der Waals surface area contributed by atoms with Crippen LogP contribution in [0.1, 0.15) is 22.5 Å². The normalized spacial score (nSPS) is 15.2. The molecule has 3 heterocycles. The molecule has 0 radical (unpaired) electrons. The molecule has 8 nitrogen and oxygen atoms in total. The summed E-state index contributed by atoms with van der Waals surface area (Å²) in [6.45, 7) is 1.45. The maximum absolute atomic E-state index is 12.9. The second-order valence-corrected chi connectivity index (χ2v) is 10.7. The van der Waals surface area contributed by atoms with Crippen LogP contribution < -0.4 is 0 Å². The summed E-state index contributed by atoms with van der Waals surface area (Å²) in [5, 5.41) is 10.4. The van der Waals surface area contributed by atoms with Crippen LogP contribution in [0.5, 0.6) is 0 Å². The van der Waals surface area contributed by atoms with Crippen molar-refractivity contribution in [1.29, 1.82) is 0 Å². The summed E-state index contributed by atoms with van der Waals surface area (Å²) in [7, 11) is -3.60. The summed E-state index contributed by atoms with van der Waals surface area (Å²) in [5.74, 6) is 1.07. The third-order valence-corrected chi connectivity index (χ3v) is 8.38. The number of hydrogen-bond donors (Lipinski definition) is 0. The van der Waals surface area contributed by atoms with E-state index in [4.69, 9.17) is 9.15 Å². The summed E-state index contributed by atoms with van der Waals surface area (Å²) in [5.41, 5.74) is 0.543. The Bertz CT molecular complexity index is 1120. The van der Waals surface area contributed by atoms with Gasteiger partial charge in [0, 0.05) is 30.8 Å². The Kier molecular flexibility index (Phi) is 7.18. The first-order valence-corrected chi connectivity index (χ1v) is 13.1. The average molecular weight is 480 g/mol. The van der Waals surface area contributed by atoms with Gasteiger partial charge in [-0.05, 0) is 36.1 Å². The highest BCUT2D eigenvalue weighted by atomic mass is 32.2. The van der Waals surface area contributed by atoms with Crippen LogP contribution in [0, 0.1) is 0 Å². The van der Waals surface area contributed by atoms with E-state index in [2.05, 4.69) is 10.2 Å². The molecule has 164 valence electrons. The summed E-state index contributed by atoms with van der Waals surface area (Å²) >= 11 is 2.83. The van der Waals surface area contributed by atoms with E-state index in [0.717, 1.165) is 4.88 Å². The fourth-order valence-corrected chi connectivity index (χ4v) is 5.91. The van der Waals surface area contributed by atoms with E-state index in [1.807, 2.05) is 17.5 Å². The first-order valence-electron chi connectivity index (χ1n) is 9.75. The lowest BCUT2D eigenvalue weighted by Crippen LogP contribution is -2.40. The molecule has 1 aliphatic rings. The van der Waals surface area contributed by atoms with Crippen LogP contribution >= 0.6 is 23.1 Å². The average Bonchev–Trinajstić information content (AvgIpc) is 3.50. The Hall–Kier alpha value is -2.05. The topological polar surface area (TPSA) is 103 Å². The number of thioether (sulfide) groups is 1. The Morgan fingerprint density at radius 1 is 1.16 bits per heavy atom. The Labute approximate surface area is 188 Å². The number of nitrogens with zero attached hydrogens (tertiary/aromatic N) is 3. The molecule has 0 bridgehead atoms. The number of Topliss-reactive ketones (excluding diaryl/α,β-unsaturated/α-hetero) is 1. The number of benzene rings is 1. The van der Waals surface area contributed by atoms with Crippen LogP contribution in [0.15, 0.2) is 56.3 Å².